The summed E-state index contributed by atoms with van der Waals surface area (Å²) in [5.41, 5.74) is 0.606. The molecule has 2 amide bonds. The number of rotatable bonds is 6. The van der Waals surface area contributed by atoms with Gasteiger partial charge in [-0.1, -0.05) is 22.4 Å². The van der Waals surface area contributed by atoms with Crippen LogP contribution in [0, 0.1) is 17.8 Å². The van der Waals surface area contributed by atoms with Crippen LogP contribution in [-0.4, -0.2) is 24.4 Å². The van der Waals surface area contributed by atoms with Crippen LogP contribution in [0.15, 0.2) is 28.7 Å². The molecular weight excluding hydrogens is 368 g/mol. The monoisotopic (exact) mass is 392 g/mol. The van der Waals surface area contributed by atoms with Crippen LogP contribution in [0.4, 0.5) is 0 Å². The van der Waals surface area contributed by atoms with Crippen LogP contribution in [0.25, 0.3) is 0 Å². The number of benzene rings is 1. The lowest BCUT2D eigenvalue weighted by molar-refractivity contribution is -0.122. The molecule has 0 aromatic heterocycles. The highest BCUT2D eigenvalue weighted by Gasteiger charge is 2.42. The number of fused-ring (bicyclic) bond motifs is 2. The molecule has 2 fully saturated rings. The topological polar surface area (TPSA) is 58.2 Å². The molecule has 4 unspecified atom stereocenters. The minimum atomic E-state index is -0.142. The summed E-state index contributed by atoms with van der Waals surface area (Å²) in [6.07, 6.45) is 5.66. The molecule has 2 N–H and O–H groups in total. The second-order valence-electron chi connectivity index (χ2n) is 7.21. The highest BCUT2D eigenvalue weighted by Crippen LogP contribution is 2.49. The van der Waals surface area contributed by atoms with Crippen molar-refractivity contribution in [3.05, 3.63) is 34.3 Å². The van der Waals surface area contributed by atoms with Gasteiger partial charge in [0, 0.05) is 29.0 Å². The van der Waals surface area contributed by atoms with E-state index in [0.29, 0.717) is 24.4 Å². The quantitative estimate of drug-likeness (QED) is 0.777. The van der Waals surface area contributed by atoms with Gasteiger partial charge in [0.1, 0.15) is 0 Å². The third kappa shape index (κ3) is 4.18. The Morgan fingerprint density at radius 3 is 2.58 bits per heavy atom. The Labute approximate surface area is 151 Å². The molecule has 0 saturated heterocycles. The van der Waals surface area contributed by atoms with Crippen LogP contribution in [0.5, 0.6) is 0 Å². The number of carbonyl (C=O) groups is 2. The first-order valence-electron chi connectivity index (χ1n) is 8.86. The van der Waals surface area contributed by atoms with Crippen LogP contribution >= 0.6 is 15.9 Å². The highest BCUT2D eigenvalue weighted by molar-refractivity contribution is 9.10. The normalized spacial score (nSPS) is 26.2. The lowest BCUT2D eigenvalue weighted by Crippen LogP contribution is -2.41. The molecule has 0 radical (unpaired) electrons. The summed E-state index contributed by atoms with van der Waals surface area (Å²) in [4.78, 5) is 24.1. The predicted molar refractivity (Wildman–Crippen MR) is 97.6 cm³/mol. The molecule has 130 valence electrons. The molecule has 2 bridgehead atoms. The highest BCUT2D eigenvalue weighted by atomic mass is 79.9. The molecule has 4 nitrogen and oxygen atoms in total. The Balaban J connectivity index is 1.38. The van der Waals surface area contributed by atoms with Gasteiger partial charge in [-0.2, -0.15) is 0 Å². The summed E-state index contributed by atoms with van der Waals surface area (Å²) in [7, 11) is 0. The van der Waals surface area contributed by atoms with E-state index in [1.54, 1.807) is 12.1 Å². The van der Waals surface area contributed by atoms with Gasteiger partial charge in [0.15, 0.2) is 0 Å². The fraction of sp³-hybridized carbons (Fsp3) is 0.579. The summed E-state index contributed by atoms with van der Waals surface area (Å²) < 4.78 is 0.938. The van der Waals surface area contributed by atoms with E-state index in [-0.39, 0.29) is 17.9 Å². The third-order valence-corrected chi connectivity index (χ3v) is 6.10. The van der Waals surface area contributed by atoms with Gasteiger partial charge in [0.2, 0.25) is 5.91 Å². The van der Waals surface area contributed by atoms with Gasteiger partial charge in [-0.25, -0.2) is 0 Å². The molecule has 2 aliphatic carbocycles. The van der Waals surface area contributed by atoms with E-state index >= 15 is 0 Å². The molecule has 1 aromatic carbocycles. The predicted octanol–water partition coefficient (Wildman–Crippen LogP) is 3.51. The van der Waals surface area contributed by atoms with Crippen molar-refractivity contribution in [2.45, 2.75) is 45.1 Å². The fourth-order valence-corrected chi connectivity index (χ4v) is 4.60. The van der Waals surface area contributed by atoms with Crippen molar-refractivity contribution in [1.82, 2.24) is 10.6 Å². The summed E-state index contributed by atoms with van der Waals surface area (Å²) >= 11 is 3.34. The van der Waals surface area contributed by atoms with E-state index in [0.717, 1.165) is 16.3 Å². The Morgan fingerprint density at radius 2 is 1.96 bits per heavy atom. The number of amides is 2. The van der Waals surface area contributed by atoms with E-state index in [1.165, 1.54) is 25.7 Å². The summed E-state index contributed by atoms with van der Waals surface area (Å²) in [6.45, 7) is 2.49. The molecule has 4 atom stereocenters. The Hall–Kier alpha value is -1.36. The molecule has 0 heterocycles. The molecule has 0 spiro atoms. The van der Waals surface area contributed by atoms with Gasteiger partial charge in [-0.15, -0.1) is 0 Å². The second-order valence-corrected chi connectivity index (χ2v) is 8.12. The number of hydrogen-bond acceptors (Lipinski definition) is 2. The first kappa shape index (κ1) is 17.5. The van der Waals surface area contributed by atoms with Gasteiger partial charge in [0.05, 0.1) is 0 Å². The van der Waals surface area contributed by atoms with Crippen LogP contribution in [0.1, 0.15) is 49.4 Å². The van der Waals surface area contributed by atoms with Crippen molar-refractivity contribution in [1.29, 1.82) is 0 Å². The van der Waals surface area contributed by atoms with Crippen LogP contribution in [-0.2, 0) is 4.79 Å². The Kier molecular flexibility index (Phi) is 5.59. The molecule has 3 rings (SSSR count). The largest absolute Gasteiger partial charge is 0.353 e. The summed E-state index contributed by atoms with van der Waals surface area (Å²) in [5, 5.41) is 5.94. The second kappa shape index (κ2) is 7.68. The van der Waals surface area contributed by atoms with Gasteiger partial charge < -0.3 is 10.6 Å². The summed E-state index contributed by atoms with van der Waals surface area (Å²) in [6, 6.07) is 7.43. The number of hydrogen-bond donors (Lipinski definition) is 2. The van der Waals surface area contributed by atoms with E-state index in [9.17, 15) is 9.59 Å². The molecule has 24 heavy (non-hydrogen) atoms. The average Bonchev–Trinajstić information content (AvgIpc) is 3.18. The van der Waals surface area contributed by atoms with E-state index in [4.69, 9.17) is 0 Å². The molecule has 1 aromatic rings. The number of halogens is 1. The first-order chi connectivity index (χ1) is 11.5. The lowest BCUT2D eigenvalue weighted by atomic mass is 9.84. The maximum absolute atomic E-state index is 12.1. The van der Waals surface area contributed by atoms with Crippen LogP contribution in [0.3, 0.4) is 0 Å². The maximum Gasteiger partial charge on any atom is 0.251 e. The van der Waals surface area contributed by atoms with Crippen LogP contribution < -0.4 is 10.6 Å². The van der Waals surface area contributed by atoms with Crippen molar-refractivity contribution in [2.75, 3.05) is 6.54 Å². The lowest BCUT2D eigenvalue weighted by Gasteiger charge is -2.28. The average molecular weight is 393 g/mol. The zero-order valence-corrected chi connectivity index (χ0v) is 15.6. The zero-order chi connectivity index (χ0) is 17.1. The Morgan fingerprint density at radius 1 is 1.21 bits per heavy atom. The van der Waals surface area contributed by atoms with Crippen molar-refractivity contribution >= 4 is 27.7 Å². The SMILES string of the molecule is CC(NC(=O)CCNC(=O)c1ccc(Br)cc1)C1CC2CCC1C2. The van der Waals surface area contributed by atoms with Crippen molar-refractivity contribution in [3.63, 3.8) is 0 Å². The van der Waals surface area contributed by atoms with Gasteiger partial charge >= 0.3 is 0 Å². The third-order valence-electron chi connectivity index (χ3n) is 5.57. The molecule has 0 aliphatic heterocycles. The maximum atomic E-state index is 12.1. The standard InChI is InChI=1S/C19H25BrN2O2/c1-12(17-11-13-2-3-15(17)10-13)22-18(23)8-9-21-19(24)14-4-6-16(20)7-5-14/h4-7,12-13,15,17H,2-3,8-11H2,1H3,(H,21,24)(H,22,23). The van der Waals surface area contributed by atoms with Crippen molar-refractivity contribution in [2.24, 2.45) is 17.8 Å². The first-order valence-corrected chi connectivity index (χ1v) is 9.65. The van der Waals surface area contributed by atoms with Crippen molar-refractivity contribution in [3.8, 4) is 0 Å². The fourth-order valence-electron chi connectivity index (χ4n) is 4.33. The minimum absolute atomic E-state index is 0.0291. The van der Waals surface area contributed by atoms with Gasteiger partial charge in [-0.05, 0) is 68.2 Å². The Bertz CT molecular complexity index is 602. The molecule has 5 heteroatoms. The van der Waals surface area contributed by atoms with Gasteiger partial charge in [0.25, 0.3) is 5.91 Å². The molecule has 2 aliphatic rings. The molecular formula is C19H25BrN2O2. The minimum Gasteiger partial charge on any atom is -0.353 e. The smallest absolute Gasteiger partial charge is 0.251 e. The van der Waals surface area contributed by atoms with E-state index in [2.05, 4.69) is 33.5 Å². The number of nitrogens with one attached hydrogen (secondary N) is 2. The summed E-state index contributed by atoms with van der Waals surface area (Å²) in [5.74, 6) is 2.23. The molecule has 2 saturated carbocycles. The van der Waals surface area contributed by atoms with Crippen molar-refractivity contribution < 1.29 is 9.59 Å². The number of carbonyl (C=O) groups excluding carboxylic acids is 2. The van der Waals surface area contributed by atoms with E-state index < -0.39 is 0 Å². The van der Waals surface area contributed by atoms with Crippen LogP contribution in [0.2, 0.25) is 0 Å². The van der Waals surface area contributed by atoms with Gasteiger partial charge in [-0.3, -0.25) is 9.59 Å². The zero-order valence-electron chi connectivity index (χ0n) is 14.1. The van der Waals surface area contributed by atoms with E-state index in [1.807, 2.05) is 12.1 Å².